The van der Waals surface area contributed by atoms with Crippen LogP contribution in [0.1, 0.15) is 18.1 Å². The van der Waals surface area contributed by atoms with E-state index in [1.807, 2.05) is 31.5 Å². The number of hydrogen-bond donors (Lipinski definition) is 0. The minimum Gasteiger partial charge on any atom is -0.264 e. The van der Waals surface area contributed by atoms with Crippen molar-refractivity contribution in [1.29, 1.82) is 0 Å². The van der Waals surface area contributed by atoms with Crippen molar-refractivity contribution in [2.75, 3.05) is 0 Å². The number of pyridine rings is 1. The molecule has 1 aromatic rings. The fourth-order valence-corrected chi connectivity index (χ4v) is 0.830. The third-order valence-corrected chi connectivity index (χ3v) is 1.43. The van der Waals surface area contributed by atoms with Crippen LogP contribution in [0.4, 0.5) is 0 Å². The van der Waals surface area contributed by atoms with E-state index in [1.54, 1.807) is 0 Å². The Balaban J connectivity index is 3.03. The van der Waals surface area contributed by atoms with Crippen molar-refractivity contribution in [3.8, 4) is 0 Å². The number of rotatable bonds is 1. The predicted molar refractivity (Wildman–Crippen MR) is 43.7 cm³/mol. The predicted octanol–water partition coefficient (Wildman–Crippen LogP) is 2.42. The fraction of sp³-hybridized carbons (Fsp3) is 0.222. The first-order valence-corrected chi connectivity index (χ1v) is 3.38. The summed E-state index contributed by atoms with van der Waals surface area (Å²) in [5, 5.41) is 0. The van der Waals surface area contributed by atoms with Gasteiger partial charge in [0.2, 0.25) is 0 Å². The van der Waals surface area contributed by atoms with E-state index in [2.05, 4.69) is 18.0 Å². The van der Waals surface area contributed by atoms with Gasteiger partial charge in [0.05, 0.1) is 0 Å². The monoisotopic (exact) mass is 133 g/mol. The zero-order valence-electron chi connectivity index (χ0n) is 6.33. The van der Waals surface area contributed by atoms with Crippen LogP contribution in [0.2, 0.25) is 0 Å². The largest absolute Gasteiger partial charge is 0.264 e. The Hall–Kier alpha value is -1.11. The molecule has 0 unspecified atom stereocenters. The van der Waals surface area contributed by atoms with Gasteiger partial charge in [-0.1, -0.05) is 12.2 Å². The normalized spacial score (nSPS) is 10.6. The third kappa shape index (κ3) is 1.44. The van der Waals surface area contributed by atoms with Gasteiger partial charge in [0, 0.05) is 12.4 Å². The highest BCUT2D eigenvalue weighted by molar-refractivity contribution is 5.51. The summed E-state index contributed by atoms with van der Waals surface area (Å²) in [5.74, 6) is 0. The van der Waals surface area contributed by atoms with Gasteiger partial charge in [-0.15, -0.1) is 0 Å². The molecule has 0 saturated heterocycles. The molecule has 52 valence electrons. The second-order valence-electron chi connectivity index (χ2n) is 2.23. The van der Waals surface area contributed by atoms with Crippen LogP contribution < -0.4 is 0 Å². The molecule has 10 heavy (non-hydrogen) atoms. The molecule has 0 aliphatic heterocycles. The lowest BCUT2D eigenvalue weighted by Crippen LogP contribution is -1.80. The van der Waals surface area contributed by atoms with Gasteiger partial charge in [-0.25, -0.2) is 0 Å². The molecule has 1 nitrogen and oxygen atoms in total. The highest BCUT2D eigenvalue weighted by Gasteiger charge is 1.88. The van der Waals surface area contributed by atoms with Gasteiger partial charge in [-0.2, -0.15) is 0 Å². The number of aromatic nitrogens is 1. The van der Waals surface area contributed by atoms with Gasteiger partial charge in [0.25, 0.3) is 0 Å². The van der Waals surface area contributed by atoms with Gasteiger partial charge < -0.3 is 0 Å². The summed E-state index contributed by atoms with van der Waals surface area (Å²) >= 11 is 0. The molecule has 1 heteroatoms. The summed E-state index contributed by atoms with van der Waals surface area (Å²) in [7, 11) is 0. The third-order valence-electron chi connectivity index (χ3n) is 1.43. The first kappa shape index (κ1) is 7.00. The quantitative estimate of drug-likeness (QED) is 0.573. The molecule has 0 bridgehead atoms. The zero-order chi connectivity index (χ0) is 7.40. The maximum absolute atomic E-state index is 4.01. The molecule has 0 aliphatic rings. The standard InChI is InChI=1S/C9H11N/c1-3-4-9-7-10-6-5-8(9)2/h3-7H,1-2H3. The van der Waals surface area contributed by atoms with Gasteiger partial charge in [-0.3, -0.25) is 4.98 Å². The van der Waals surface area contributed by atoms with Crippen molar-refractivity contribution in [3.63, 3.8) is 0 Å². The smallest absolute Gasteiger partial charge is 0.0342 e. The molecule has 0 aliphatic carbocycles. The van der Waals surface area contributed by atoms with E-state index in [9.17, 15) is 0 Å². The van der Waals surface area contributed by atoms with Gasteiger partial charge >= 0.3 is 0 Å². The van der Waals surface area contributed by atoms with Crippen LogP contribution in [0, 0.1) is 6.92 Å². The van der Waals surface area contributed by atoms with Crippen LogP contribution in [0.25, 0.3) is 6.08 Å². The minimum absolute atomic E-state index is 1.20. The van der Waals surface area contributed by atoms with Gasteiger partial charge in [0.15, 0.2) is 0 Å². The van der Waals surface area contributed by atoms with Crippen molar-refractivity contribution < 1.29 is 0 Å². The molecule has 0 atom stereocenters. The van der Waals surface area contributed by atoms with Crippen molar-refractivity contribution in [2.45, 2.75) is 13.8 Å². The summed E-state index contributed by atoms with van der Waals surface area (Å²) in [6.07, 6.45) is 7.75. The Kier molecular flexibility index (Phi) is 2.21. The molecule has 0 aromatic carbocycles. The molecular weight excluding hydrogens is 122 g/mol. The highest BCUT2D eigenvalue weighted by atomic mass is 14.6. The SMILES string of the molecule is CC=Cc1cnccc1C. The summed E-state index contributed by atoms with van der Waals surface area (Å²) < 4.78 is 0. The van der Waals surface area contributed by atoms with E-state index in [0.29, 0.717) is 0 Å². The van der Waals surface area contributed by atoms with Crippen molar-refractivity contribution in [3.05, 3.63) is 35.7 Å². The van der Waals surface area contributed by atoms with E-state index < -0.39 is 0 Å². The van der Waals surface area contributed by atoms with E-state index >= 15 is 0 Å². The summed E-state index contributed by atoms with van der Waals surface area (Å²) in [5.41, 5.74) is 2.47. The zero-order valence-corrected chi connectivity index (χ0v) is 6.33. The molecule has 0 amide bonds. The van der Waals surface area contributed by atoms with Gasteiger partial charge in [-0.05, 0) is 31.0 Å². The lowest BCUT2D eigenvalue weighted by Gasteiger charge is -1.95. The molecule has 1 heterocycles. The fourth-order valence-electron chi connectivity index (χ4n) is 0.830. The molecule has 0 N–H and O–H groups in total. The first-order chi connectivity index (χ1) is 4.84. The van der Waals surface area contributed by atoms with E-state index in [4.69, 9.17) is 0 Å². The molecule has 1 rings (SSSR count). The Bertz CT molecular complexity index is 238. The van der Waals surface area contributed by atoms with Crippen LogP contribution in [0.5, 0.6) is 0 Å². The molecule has 0 fully saturated rings. The Labute approximate surface area is 61.4 Å². The second-order valence-corrected chi connectivity index (χ2v) is 2.23. The Morgan fingerprint density at radius 1 is 1.50 bits per heavy atom. The van der Waals surface area contributed by atoms with Crippen LogP contribution in [0.15, 0.2) is 24.5 Å². The summed E-state index contributed by atoms with van der Waals surface area (Å²) in [6.45, 7) is 4.09. The van der Waals surface area contributed by atoms with Crippen molar-refractivity contribution in [2.24, 2.45) is 0 Å². The maximum Gasteiger partial charge on any atom is 0.0342 e. The van der Waals surface area contributed by atoms with Crippen LogP contribution in [-0.4, -0.2) is 4.98 Å². The maximum atomic E-state index is 4.01. The minimum atomic E-state index is 1.20. The lowest BCUT2D eigenvalue weighted by molar-refractivity contribution is 1.27. The first-order valence-electron chi connectivity index (χ1n) is 3.38. The summed E-state index contributed by atoms with van der Waals surface area (Å²) in [6, 6.07) is 2.01. The lowest BCUT2D eigenvalue weighted by atomic mass is 10.1. The summed E-state index contributed by atoms with van der Waals surface area (Å²) in [4.78, 5) is 4.01. The van der Waals surface area contributed by atoms with Crippen molar-refractivity contribution >= 4 is 6.08 Å². The van der Waals surface area contributed by atoms with Crippen LogP contribution in [0.3, 0.4) is 0 Å². The van der Waals surface area contributed by atoms with Gasteiger partial charge in [0.1, 0.15) is 0 Å². The average Bonchev–Trinajstić information content (AvgIpc) is 1.94. The Morgan fingerprint density at radius 3 is 2.90 bits per heavy atom. The average molecular weight is 133 g/mol. The number of nitrogens with zero attached hydrogens (tertiary/aromatic N) is 1. The van der Waals surface area contributed by atoms with E-state index in [0.717, 1.165) is 0 Å². The molecule has 0 radical (unpaired) electrons. The van der Waals surface area contributed by atoms with Crippen LogP contribution >= 0.6 is 0 Å². The molecular formula is C9H11N. The molecule has 0 spiro atoms. The Morgan fingerprint density at radius 2 is 2.30 bits per heavy atom. The van der Waals surface area contributed by atoms with E-state index in [-0.39, 0.29) is 0 Å². The van der Waals surface area contributed by atoms with Crippen molar-refractivity contribution in [1.82, 2.24) is 4.98 Å². The molecule has 0 saturated carbocycles. The number of hydrogen-bond acceptors (Lipinski definition) is 1. The van der Waals surface area contributed by atoms with Crippen LogP contribution in [-0.2, 0) is 0 Å². The topological polar surface area (TPSA) is 12.9 Å². The number of aryl methyl sites for hydroxylation is 1. The number of allylic oxidation sites excluding steroid dienone is 1. The van der Waals surface area contributed by atoms with E-state index in [1.165, 1.54) is 11.1 Å². The highest BCUT2D eigenvalue weighted by Crippen LogP contribution is 2.05. The molecule has 1 aromatic heterocycles. The second kappa shape index (κ2) is 3.16.